The number of halogens is 2. The fourth-order valence-corrected chi connectivity index (χ4v) is 5.07. The topological polar surface area (TPSA) is 84.9 Å². The van der Waals surface area contributed by atoms with Crippen molar-refractivity contribution in [1.29, 1.82) is 0 Å². The third-order valence-electron chi connectivity index (χ3n) is 4.72. The fourth-order valence-electron chi connectivity index (χ4n) is 3.07. The summed E-state index contributed by atoms with van der Waals surface area (Å²) in [5.74, 6) is 0.272. The van der Waals surface area contributed by atoms with E-state index < -0.39 is 22.5 Å². The van der Waals surface area contributed by atoms with E-state index in [0.717, 1.165) is 9.87 Å². The molecule has 0 saturated heterocycles. The van der Waals surface area contributed by atoms with Crippen LogP contribution in [0.2, 0.25) is 10.0 Å². The van der Waals surface area contributed by atoms with Crippen LogP contribution in [0.15, 0.2) is 71.6 Å². The highest BCUT2D eigenvalue weighted by Crippen LogP contribution is 2.30. The minimum atomic E-state index is -4.07. The van der Waals surface area contributed by atoms with Crippen LogP contribution in [0.4, 0.5) is 5.69 Å². The lowest BCUT2D eigenvalue weighted by Gasteiger charge is -2.22. The summed E-state index contributed by atoms with van der Waals surface area (Å²) >= 11 is 12.3. The second-order valence-electron chi connectivity index (χ2n) is 6.95. The molecule has 0 aliphatic carbocycles. The molecule has 0 atom stereocenters. The Morgan fingerprint density at radius 2 is 1.52 bits per heavy atom. The Balaban J connectivity index is 1.88. The van der Waals surface area contributed by atoms with Crippen LogP contribution in [0, 0.1) is 0 Å². The summed E-state index contributed by atoms with van der Waals surface area (Å²) in [5, 5.41) is 3.14. The average Bonchev–Trinajstić information content (AvgIpc) is 2.79. The Hall–Kier alpha value is -2.78. The molecule has 0 aliphatic heterocycles. The number of hydrogen-bond acceptors (Lipinski definition) is 5. The number of ether oxygens (including phenoxy) is 2. The smallest absolute Gasteiger partial charge is 0.243 e. The summed E-state index contributed by atoms with van der Waals surface area (Å²) in [4.78, 5) is 12.7. The average molecular weight is 509 g/mol. The molecule has 10 heteroatoms. The summed E-state index contributed by atoms with van der Waals surface area (Å²) in [6.07, 6.45) is 0. The van der Waals surface area contributed by atoms with Gasteiger partial charge in [-0.1, -0.05) is 53.5 Å². The molecule has 3 aromatic rings. The number of anilines is 1. The van der Waals surface area contributed by atoms with Crippen molar-refractivity contribution in [2.75, 3.05) is 26.1 Å². The molecule has 3 aromatic carbocycles. The lowest BCUT2D eigenvalue weighted by Crippen LogP contribution is -2.37. The summed E-state index contributed by atoms with van der Waals surface area (Å²) < 4.78 is 38.1. The number of carbonyl (C=O) groups excluding carboxylic acids is 1. The van der Waals surface area contributed by atoms with Crippen molar-refractivity contribution in [2.45, 2.75) is 11.4 Å². The van der Waals surface area contributed by atoms with Gasteiger partial charge in [0, 0.05) is 12.2 Å². The first-order valence-corrected chi connectivity index (χ1v) is 11.9. The van der Waals surface area contributed by atoms with Gasteiger partial charge in [0.25, 0.3) is 0 Å². The highest BCUT2D eigenvalue weighted by Gasteiger charge is 2.28. The van der Waals surface area contributed by atoms with Crippen molar-refractivity contribution >= 4 is 44.8 Å². The van der Waals surface area contributed by atoms with Gasteiger partial charge in [0.1, 0.15) is 11.5 Å². The molecule has 0 bridgehead atoms. The van der Waals surface area contributed by atoms with Gasteiger partial charge in [-0.25, -0.2) is 8.42 Å². The van der Waals surface area contributed by atoms with Gasteiger partial charge in [-0.2, -0.15) is 4.31 Å². The zero-order valence-electron chi connectivity index (χ0n) is 17.9. The molecule has 0 radical (unpaired) electrons. The maximum absolute atomic E-state index is 13.4. The van der Waals surface area contributed by atoms with E-state index in [0.29, 0.717) is 22.2 Å². The summed E-state index contributed by atoms with van der Waals surface area (Å²) in [6, 6.07) is 17.9. The largest absolute Gasteiger partial charge is 0.495 e. The quantitative estimate of drug-likeness (QED) is 0.446. The molecule has 3 rings (SSSR count). The SMILES string of the molecule is COc1ccc(NC(=O)CN(Cc2ccccc2)S(=O)(=O)c2ccc(OC)c(Cl)c2)cc1Cl. The van der Waals surface area contributed by atoms with Gasteiger partial charge in [0.2, 0.25) is 15.9 Å². The number of methoxy groups -OCH3 is 2. The van der Waals surface area contributed by atoms with Crippen molar-refractivity contribution in [3.05, 3.63) is 82.3 Å². The number of nitrogens with zero attached hydrogens (tertiary/aromatic N) is 1. The van der Waals surface area contributed by atoms with E-state index in [-0.39, 0.29) is 16.5 Å². The summed E-state index contributed by atoms with van der Waals surface area (Å²) in [6.45, 7) is -0.436. The minimum absolute atomic E-state index is 0.0103. The predicted octanol–water partition coefficient (Wildman–Crippen LogP) is 4.84. The number of nitrogens with one attached hydrogen (secondary N) is 1. The first kappa shape index (κ1) is 24.9. The molecule has 0 aromatic heterocycles. The molecule has 0 saturated carbocycles. The van der Waals surface area contributed by atoms with E-state index >= 15 is 0 Å². The Bertz CT molecular complexity index is 1240. The van der Waals surface area contributed by atoms with Gasteiger partial charge in [-0.3, -0.25) is 4.79 Å². The molecule has 0 unspecified atom stereocenters. The molecule has 0 aliphatic rings. The first-order valence-electron chi connectivity index (χ1n) is 9.75. The van der Waals surface area contributed by atoms with Crippen LogP contribution in [0.3, 0.4) is 0 Å². The van der Waals surface area contributed by atoms with E-state index in [1.807, 2.05) is 6.07 Å². The predicted molar refractivity (Wildman–Crippen MR) is 129 cm³/mol. The molecular formula is C23H22Cl2N2O5S. The normalized spacial score (nSPS) is 11.3. The van der Waals surface area contributed by atoms with Crippen molar-refractivity contribution in [3.63, 3.8) is 0 Å². The van der Waals surface area contributed by atoms with E-state index in [1.54, 1.807) is 36.4 Å². The van der Waals surface area contributed by atoms with Crippen molar-refractivity contribution < 1.29 is 22.7 Å². The van der Waals surface area contributed by atoms with Gasteiger partial charge in [-0.15, -0.1) is 0 Å². The van der Waals surface area contributed by atoms with E-state index in [4.69, 9.17) is 32.7 Å². The lowest BCUT2D eigenvalue weighted by atomic mass is 10.2. The zero-order valence-corrected chi connectivity index (χ0v) is 20.2. The van der Waals surface area contributed by atoms with Gasteiger partial charge in [0.05, 0.1) is 35.7 Å². The number of rotatable bonds is 9. The molecule has 0 spiro atoms. The van der Waals surface area contributed by atoms with Gasteiger partial charge < -0.3 is 14.8 Å². The van der Waals surface area contributed by atoms with Gasteiger partial charge in [0.15, 0.2) is 0 Å². The molecule has 1 amide bonds. The molecule has 1 N–H and O–H groups in total. The van der Waals surface area contributed by atoms with Gasteiger partial charge in [-0.05, 0) is 42.0 Å². The maximum Gasteiger partial charge on any atom is 0.243 e. The second-order valence-corrected chi connectivity index (χ2v) is 9.70. The first-order chi connectivity index (χ1) is 15.7. The Morgan fingerprint density at radius 1 is 0.909 bits per heavy atom. The van der Waals surface area contributed by atoms with Gasteiger partial charge >= 0.3 is 0 Å². The van der Waals surface area contributed by atoms with Crippen molar-refractivity contribution in [1.82, 2.24) is 4.31 Å². The number of sulfonamides is 1. The Kier molecular flexibility index (Phi) is 8.20. The third-order valence-corrected chi connectivity index (χ3v) is 7.10. The molecule has 7 nitrogen and oxygen atoms in total. The monoisotopic (exact) mass is 508 g/mol. The molecule has 33 heavy (non-hydrogen) atoms. The molecular weight excluding hydrogens is 487 g/mol. The van der Waals surface area contributed by atoms with Crippen molar-refractivity contribution in [3.8, 4) is 11.5 Å². The minimum Gasteiger partial charge on any atom is -0.495 e. The van der Waals surface area contributed by atoms with Crippen LogP contribution in [-0.4, -0.2) is 39.4 Å². The number of benzene rings is 3. The molecule has 0 fully saturated rings. The highest BCUT2D eigenvalue weighted by molar-refractivity contribution is 7.89. The third kappa shape index (κ3) is 6.17. The number of carbonyl (C=O) groups is 1. The van der Waals surface area contributed by atoms with E-state index in [1.165, 1.54) is 38.5 Å². The summed E-state index contributed by atoms with van der Waals surface area (Å²) in [7, 11) is -1.15. The fraction of sp³-hybridized carbons (Fsp3) is 0.174. The van der Waals surface area contributed by atoms with Crippen LogP contribution in [0.5, 0.6) is 11.5 Å². The summed E-state index contributed by atoms with van der Waals surface area (Å²) in [5.41, 5.74) is 1.14. The maximum atomic E-state index is 13.4. The second kappa shape index (κ2) is 10.9. The van der Waals surface area contributed by atoms with Crippen LogP contribution in [0.1, 0.15) is 5.56 Å². The van der Waals surface area contributed by atoms with Crippen molar-refractivity contribution in [2.24, 2.45) is 0 Å². The van der Waals surface area contributed by atoms with E-state index in [2.05, 4.69) is 5.32 Å². The Labute approximate surface area is 202 Å². The standard InChI is InChI=1S/C23H22Cl2N2O5S/c1-31-21-10-8-17(12-19(21)24)26-23(28)15-27(14-16-6-4-3-5-7-16)33(29,30)18-9-11-22(32-2)20(25)13-18/h3-13H,14-15H2,1-2H3,(H,26,28). The highest BCUT2D eigenvalue weighted by atomic mass is 35.5. The molecule has 0 heterocycles. The van der Waals surface area contributed by atoms with Crippen LogP contribution >= 0.6 is 23.2 Å². The Morgan fingerprint density at radius 3 is 2.09 bits per heavy atom. The van der Waals surface area contributed by atoms with E-state index in [9.17, 15) is 13.2 Å². The number of hydrogen-bond donors (Lipinski definition) is 1. The van der Waals surface area contributed by atoms with Crippen LogP contribution in [0.25, 0.3) is 0 Å². The molecule has 174 valence electrons. The lowest BCUT2D eigenvalue weighted by molar-refractivity contribution is -0.116. The van der Waals surface area contributed by atoms with Crippen LogP contribution < -0.4 is 14.8 Å². The zero-order chi connectivity index (χ0) is 24.0. The van der Waals surface area contributed by atoms with Crippen LogP contribution in [-0.2, 0) is 21.4 Å². The number of amides is 1.